The summed E-state index contributed by atoms with van der Waals surface area (Å²) in [4.78, 5) is 26.6. The molecule has 2 aromatic heterocycles. The first-order valence-corrected chi connectivity index (χ1v) is 14.9. The topological polar surface area (TPSA) is 151 Å². The number of aromatic nitrogens is 3. The fourth-order valence-electron chi connectivity index (χ4n) is 5.21. The third-order valence-electron chi connectivity index (χ3n) is 7.66. The van der Waals surface area contributed by atoms with E-state index in [9.17, 15) is 15.0 Å². The van der Waals surface area contributed by atoms with Gasteiger partial charge in [-0.25, -0.2) is 9.78 Å². The molecule has 2 fully saturated rings. The van der Waals surface area contributed by atoms with Crippen molar-refractivity contribution in [2.24, 2.45) is 0 Å². The molecule has 0 aliphatic carbocycles. The second-order valence-corrected chi connectivity index (χ2v) is 11.1. The van der Waals surface area contributed by atoms with E-state index in [-0.39, 0.29) is 19.2 Å². The minimum absolute atomic E-state index is 0.229. The maximum atomic E-state index is 12.2. The smallest absolute Gasteiger partial charge is 0.411 e. The van der Waals surface area contributed by atoms with Crippen LogP contribution >= 0.6 is 11.6 Å². The Hall–Kier alpha value is -3.78. The Morgan fingerprint density at radius 3 is 2.48 bits per heavy atom. The number of aromatic amines is 1. The van der Waals surface area contributed by atoms with Crippen molar-refractivity contribution >= 4 is 34.5 Å². The number of anilines is 1. The molecule has 2 aromatic carbocycles. The van der Waals surface area contributed by atoms with Crippen molar-refractivity contribution in [2.45, 2.75) is 24.7 Å². The number of carbonyl (C=O) groups excluding carboxylic acids is 1. The Morgan fingerprint density at radius 1 is 1.07 bits per heavy atom. The van der Waals surface area contributed by atoms with Gasteiger partial charge in [0.15, 0.2) is 5.65 Å². The largest absolute Gasteiger partial charge is 0.459 e. The number of rotatable bonds is 9. The normalized spacial score (nSPS) is 20.8. The Labute approximate surface area is 258 Å². The Balaban J connectivity index is 1.06. The van der Waals surface area contributed by atoms with Crippen molar-refractivity contribution in [3.05, 3.63) is 59.6 Å². The zero-order valence-corrected chi connectivity index (χ0v) is 24.7. The number of imidazole rings is 1. The fourth-order valence-corrected chi connectivity index (χ4v) is 5.47. The number of halogens is 1. The Kier molecular flexibility index (Phi) is 9.55. The zero-order chi connectivity index (χ0) is 30.5. The molecule has 4 heterocycles. The average Bonchev–Trinajstić information content (AvgIpc) is 3.42. The first-order valence-electron chi connectivity index (χ1n) is 14.5. The summed E-state index contributed by atoms with van der Waals surface area (Å²) in [5.74, 6) is 0. The van der Waals surface area contributed by atoms with Crippen LogP contribution in [-0.2, 0) is 14.2 Å². The second kappa shape index (κ2) is 13.9. The number of morpholine rings is 1. The van der Waals surface area contributed by atoms with Crippen molar-refractivity contribution < 1.29 is 34.0 Å². The number of hydrogen-bond donors (Lipinski definition) is 4. The SMILES string of the molecule is O=C(Nc1ccc(-c2ccc(-c3nc4nc(OC5COC(CO)C(O)C5)[nH]c4cc3Cl)cc2)cc1)OCCN1CCOCC1. The summed E-state index contributed by atoms with van der Waals surface area (Å²) in [6.07, 6.45) is -2.01. The first-order chi connectivity index (χ1) is 21.4. The van der Waals surface area contributed by atoms with E-state index in [0.717, 1.165) is 29.8 Å². The third-order valence-corrected chi connectivity index (χ3v) is 7.95. The molecule has 0 bridgehead atoms. The molecule has 4 N–H and O–H groups in total. The van der Waals surface area contributed by atoms with E-state index in [0.29, 0.717) is 60.4 Å². The van der Waals surface area contributed by atoms with Crippen LogP contribution in [0.2, 0.25) is 5.02 Å². The van der Waals surface area contributed by atoms with Gasteiger partial charge < -0.3 is 34.1 Å². The second-order valence-electron chi connectivity index (χ2n) is 10.7. The number of carbonyl (C=O) groups is 1. The monoisotopic (exact) mass is 623 g/mol. The summed E-state index contributed by atoms with van der Waals surface area (Å²) in [7, 11) is 0. The minimum Gasteiger partial charge on any atom is -0.459 e. The number of pyridine rings is 1. The lowest BCUT2D eigenvalue weighted by Gasteiger charge is -2.31. The summed E-state index contributed by atoms with van der Waals surface area (Å²) in [5, 5.41) is 22.6. The minimum atomic E-state index is -0.820. The van der Waals surface area contributed by atoms with Gasteiger partial charge in [0.05, 0.1) is 48.8 Å². The highest BCUT2D eigenvalue weighted by Gasteiger charge is 2.31. The average molecular weight is 624 g/mol. The van der Waals surface area contributed by atoms with E-state index < -0.39 is 24.4 Å². The summed E-state index contributed by atoms with van der Waals surface area (Å²) >= 11 is 6.60. The molecule has 4 aromatic rings. The maximum absolute atomic E-state index is 12.2. The van der Waals surface area contributed by atoms with Crippen LogP contribution in [0.1, 0.15) is 6.42 Å². The molecule has 232 valence electrons. The molecule has 2 aliphatic heterocycles. The summed E-state index contributed by atoms with van der Waals surface area (Å²) in [6.45, 7) is 4.12. The van der Waals surface area contributed by atoms with E-state index in [4.69, 9.17) is 30.5 Å². The number of aliphatic hydroxyl groups is 2. The van der Waals surface area contributed by atoms with Gasteiger partial charge in [0.2, 0.25) is 0 Å². The maximum Gasteiger partial charge on any atom is 0.411 e. The molecule has 0 saturated carbocycles. The molecular weight excluding hydrogens is 590 g/mol. The van der Waals surface area contributed by atoms with Gasteiger partial charge in [-0.05, 0) is 29.3 Å². The lowest BCUT2D eigenvalue weighted by atomic mass is 10.0. The highest BCUT2D eigenvalue weighted by atomic mass is 35.5. The van der Waals surface area contributed by atoms with Crippen LogP contribution < -0.4 is 10.1 Å². The van der Waals surface area contributed by atoms with E-state index in [1.165, 1.54) is 0 Å². The zero-order valence-electron chi connectivity index (χ0n) is 23.9. The van der Waals surface area contributed by atoms with Crippen molar-refractivity contribution in [1.82, 2.24) is 19.9 Å². The number of benzene rings is 2. The molecule has 6 rings (SSSR count). The van der Waals surface area contributed by atoms with E-state index in [1.54, 1.807) is 6.07 Å². The fraction of sp³-hybridized carbons (Fsp3) is 0.387. The predicted octanol–water partition coefficient (Wildman–Crippen LogP) is 3.72. The van der Waals surface area contributed by atoms with Gasteiger partial charge in [-0.1, -0.05) is 48.0 Å². The summed E-state index contributed by atoms with van der Waals surface area (Å²) in [5.41, 5.74) is 5.08. The molecule has 44 heavy (non-hydrogen) atoms. The van der Waals surface area contributed by atoms with Crippen LogP contribution in [0.3, 0.4) is 0 Å². The Morgan fingerprint density at radius 2 is 1.77 bits per heavy atom. The third kappa shape index (κ3) is 7.29. The van der Waals surface area contributed by atoms with Crippen LogP contribution in [0.4, 0.5) is 10.5 Å². The van der Waals surface area contributed by atoms with Crippen LogP contribution in [0.25, 0.3) is 33.5 Å². The number of hydrogen-bond acceptors (Lipinski definition) is 10. The van der Waals surface area contributed by atoms with Gasteiger partial charge >= 0.3 is 6.09 Å². The molecule has 1 amide bonds. The molecule has 2 aliphatic rings. The van der Waals surface area contributed by atoms with Gasteiger partial charge in [0.25, 0.3) is 6.01 Å². The van der Waals surface area contributed by atoms with Crippen LogP contribution in [0, 0.1) is 0 Å². The molecule has 12 nitrogen and oxygen atoms in total. The highest BCUT2D eigenvalue weighted by Crippen LogP contribution is 2.32. The molecular formula is C31H34ClN5O7. The highest BCUT2D eigenvalue weighted by molar-refractivity contribution is 6.33. The van der Waals surface area contributed by atoms with Gasteiger partial charge in [-0.3, -0.25) is 10.2 Å². The molecule has 2 saturated heterocycles. The number of H-pyrrole nitrogens is 1. The van der Waals surface area contributed by atoms with Gasteiger partial charge in [0.1, 0.15) is 18.8 Å². The standard InChI is InChI=1S/C31H34ClN5O7/c32-24-16-25-29(36-30(34-25)44-23-15-26(39)27(17-38)43-18-23)35-28(24)21-3-1-19(2-4-21)20-5-7-22(8-6-20)33-31(40)42-14-11-37-9-12-41-13-10-37/h1-8,16,23,26-27,38-39H,9-15,17-18H2,(H,33,40)(H,34,35,36). The van der Waals surface area contributed by atoms with Gasteiger partial charge in [-0.2, -0.15) is 4.98 Å². The summed E-state index contributed by atoms with van der Waals surface area (Å²) < 4.78 is 22.0. The number of amides is 1. The van der Waals surface area contributed by atoms with Gasteiger partial charge in [0, 0.05) is 37.3 Å². The van der Waals surface area contributed by atoms with Crippen LogP contribution in [-0.4, -0.2) is 107 Å². The van der Waals surface area contributed by atoms with E-state index in [1.807, 2.05) is 48.5 Å². The summed E-state index contributed by atoms with van der Waals surface area (Å²) in [6, 6.07) is 17.4. The molecule has 3 unspecified atom stereocenters. The van der Waals surface area contributed by atoms with Crippen molar-refractivity contribution in [3.63, 3.8) is 0 Å². The number of nitrogens with one attached hydrogen (secondary N) is 2. The van der Waals surface area contributed by atoms with E-state index >= 15 is 0 Å². The molecule has 0 spiro atoms. The molecule has 13 heteroatoms. The quantitative estimate of drug-likeness (QED) is 0.217. The first kappa shape index (κ1) is 30.3. The van der Waals surface area contributed by atoms with Crippen molar-refractivity contribution in [3.8, 4) is 28.4 Å². The number of nitrogens with zero attached hydrogens (tertiary/aromatic N) is 3. The van der Waals surface area contributed by atoms with Crippen molar-refractivity contribution in [2.75, 3.05) is 58.0 Å². The number of aliphatic hydroxyl groups excluding tert-OH is 2. The Bertz CT molecular complexity index is 1560. The number of fused-ring (bicyclic) bond motifs is 1. The lowest BCUT2D eigenvalue weighted by Crippen LogP contribution is -2.45. The number of ether oxygens (including phenoxy) is 4. The molecule has 0 radical (unpaired) electrons. The molecule has 3 atom stereocenters. The van der Waals surface area contributed by atoms with Gasteiger partial charge in [-0.15, -0.1) is 0 Å². The van der Waals surface area contributed by atoms with Crippen LogP contribution in [0.15, 0.2) is 54.6 Å². The van der Waals surface area contributed by atoms with Crippen LogP contribution in [0.5, 0.6) is 6.01 Å². The lowest BCUT2D eigenvalue weighted by molar-refractivity contribution is -0.131. The van der Waals surface area contributed by atoms with Crippen molar-refractivity contribution in [1.29, 1.82) is 0 Å². The van der Waals surface area contributed by atoms with E-state index in [2.05, 4.69) is 25.2 Å². The predicted molar refractivity (Wildman–Crippen MR) is 164 cm³/mol.